The van der Waals surface area contributed by atoms with E-state index in [4.69, 9.17) is 10.2 Å². The van der Waals surface area contributed by atoms with Crippen LogP contribution in [-0.2, 0) is 11.2 Å². The van der Waals surface area contributed by atoms with Crippen LogP contribution in [-0.4, -0.2) is 37.1 Å². The fourth-order valence-electron chi connectivity index (χ4n) is 1.76. The Kier molecular flexibility index (Phi) is 4.82. The van der Waals surface area contributed by atoms with E-state index in [9.17, 15) is 9.59 Å². The number of unbranched alkanes of at least 4 members (excludes halogenated alkanes) is 1. The zero-order chi connectivity index (χ0) is 13.7. The number of hydrogen-bond donors (Lipinski definition) is 2. The molecule has 100 valence electrons. The molecule has 18 heavy (non-hydrogen) atoms. The molecule has 1 unspecified atom stereocenters. The molecule has 1 heterocycles. The number of nitrogens with zero attached hydrogens (tertiary/aromatic N) is 3. The zero-order valence-electron chi connectivity index (χ0n) is 10.5. The van der Waals surface area contributed by atoms with Gasteiger partial charge in [-0.25, -0.2) is 14.3 Å². The third-order valence-corrected chi connectivity index (χ3v) is 2.73. The number of hydrogen-bond acceptors (Lipinski definition) is 4. The van der Waals surface area contributed by atoms with Crippen LogP contribution in [0, 0.1) is 0 Å². The maximum Gasteiger partial charge on any atom is 0.358 e. The predicted molar refractivity (Wildman–Crippen MR) is 62.6 cm³/mol. The van der Waals surface area contributed by atoms with Gasteiger partial charge in [0.15, 0.2) is 11.7 Å². The van der Waals surface area contributed by atoms with Crippen molar-refractivity contribution in [2.24, 2.45) is 0 Å². The highest BCUT2D eigenvalue weighted by Gasteiger charge is 2.26. The van der Waals surface area contributed by atoms with Crippen LogP contribution in [0.4, 0.5) is 0 Å². The summed E-state index contributed by atoms with van der Waals surface area (Å²) in [5.74, 6) is -2.20. The second-order valence-corrected chi connectivity index (χ2v) is 4.00. The van der Waals surface area contributed by atoms with E-state index in [-0.39, 0.29) is 5.69 Å². The van der Waals surface area contributed by atoms with Gasteiger partial charge in [-0.1, -0.05) is 25.5 Å². The van der Waals surface area contributed by atoms with Gasteiger partial charge >= 0.3 is 11.9 Å². The molecule has 0 amide bonds. The van der Waals surface area contributed by atoms with Gasteiger partial charge in [0.2, 0.25) is 0 Å². The number of carboxylic acid groups (broad SMARTS) is 2. The summed E-state index contributed by atoms with van der Waals surface area (Å²) >= 11 is 0. The van der Waals surface area contributed by atoms with Crippen molar-refractivity contribution in [1.82, 2.24) is 15.0 Å². The van der Waals surface area contributed by atoms with Crippen molar-refractivity contribution in [1.29, 1.82) is 0 Å². The highest BCUT2D eigenvalue weighted by molar-refractivity contribution is 5.86. The molecule has 0 spiro atoms. The lowest BCUT2D eigenvalue weighted by Gasteiger charge is -2.13. The molecule has 1 aromatic rings. The van der Waals surface area contributed by atoms with Gasteiger partial charge in [0, 0.05) is 0 Å². The Morgan fingerprint density at radius 1 is 1.33 bits per heavy atom. The maximum atomic E-state index is 11.1. The van der Waals surface area contributed by atoms with Gasteiger partial charge < -0.3 is 10.2 Å². The van der Waals surface area contributed by atoms with E-state index >= 15 is 0 Å². The fraction of sp³-hybridized carbons (Fsp3) is 0.636. The Labute approximate surface area is 104 Å². The fourth-order valence-corrected chi connectivity index (χ4v) is 1.76. The van der Waals surface area contributed by atoms with Crippen molar-refractivity contribution in [2.45, 2.75) is 45.6 Å². The lowest BCUT2D eigenvalue weighted by molar-refractivity contribution is -0.141. The van der Waals surface area contributed by atoms with Crippen molar-refractivity contribution in [3.8, 4) is 0 Å². The molecule has 0 aliphatic carbocycles. The second kappa shape index (κ2) is 6.13. The summed E-state index contributed by atoms with van der Waals surface area (Å²) in [7, 11) is 0. The first-order valence-corrected chi connectivity index (χ1v) is 5.93. The molecule has 7 heteroatoms. The first kappa shape index (κ1) is 14.1. The van der Waals surface area contributed by atoms with Gasteiger partial charge in [0.05, 0.1) is 5.69 Å². The molecule has 0 aliphatic rings. The maximum absolute atomic E-state index is 11.1. The van der Waals surface area contributed by atoms with Crippen molar-refractivity contribution in [2.75, 3.05) is 0 Å². The van der Waals surface area contributed by atoms with Crippen LogP contribution in [0.1, 0.15) is 55.3 Å². The van der Waals surface area contributed by atoms with E-state index in [0.717, 1.165) is 12.8 Å². The van der Waals surface area contributed by atoms with Gasteiger partial charge in [-0.05, 0) is 19.3 Å². The van der Waals surface area contributed by atoms with Gasteiger partial charge in [-0.3, -0.25) is 0 Å². The first-order chi connectivity index (χ1) is 8.52. The van der Waals surface area contributed by atoms with Crippen molar-refractivity contribution in [3.05, 3.63) is 11.4 Å². The van der Waals surface area contributed by atoms with Crippen molar-refractivity contribution in [3.63, 3.8) is 0 Å². The molecule has 7 nitrogen and oxygen atoms in total. The van der Waals surface area contributed by atoms with E-state index in [2.05, 4.69) is 10.3 Å². The molecule has 1 rings (SSSR count). The van der Waals surface area contributed by atoms with E-state index in [1.807, 2.05) is 6.92 Å². The molecular formula is C11H17N3O4. The van der Waals surface area contributed by atoms with Gasteiger partial charge in [-0.15, -0.1) is 5.10 Å². The minimum atomic E-state index is -1.17. The largest absolute Gasteiger partial charge is 0.480 e. The standard InChI is InChI=1S/C11H17N3O4/c1-3-5-6-8-9(11(17)18)12-13-14(8)7(4-2)10(15)16/h7H,3-6H2,1-2H3,(H,15,16)(H,17,18). The molecule has 0 fully saturated rings. The summed E-state index contributed by atoms with van der Waals surface area (Å²) in [6.07, 6.45) is 2.45. The van der Waals surface area contributed by atoms with Crippen LogP contribution in [0.15, 0.2) is 0 Å². The van der Waals surface area contributed by atoms with Crippen LogP contribution >= 0.6 is 0 Å². The Morgan fingerprint density at radius 2 is 2.00 bits per heavy atom. The Bertz CT molecular complexity index is 441. The molecule has 0 saturated heterocycles. The van der Waals surface area contributed by atoms with Crippen molar-refractivity contribution >= 4 is 11.9 Å². The number of aliphatic carboxylic acids is 1. The molecule has 0 aromatic carbocycles. The molecule has 1 aromatic heterocycles. The summed E-state index contributed by atoms with van der Waals surface area (Å²) in [5.41, 5.74) is 0.238. The Hall–Kier alpha value is -1.92. The first-order valence-electron chi connectivity index (χ1n) is 5.93. The number of carbonyl (C=O) groups is 2. The normalized spacial score (nSPS) is 12.3. The predicted octanol–water partition coefficient (Wildman–Crippen LogP) is 1.35. The van der Waals surface area contributed by atoms with Crippen molar-refractivity contribution < 1.29 is 19.8 Å². The average molecular weight is 255 g/mol. The summed E-state index contributed by atoms with van der Waals surface area (Å²) < 4.78 is 1.22. The SMILES string of the molecule is CCCCc1c(C(=O)O)nnn1C(CC)C(=O)O. The summed E-state index contributed by atoms with van der Waals surface area (Å²) in [6, 6.07) is -0.863. The highest BCUT2D eigenvalue weighted by atomic mass is 16.4. The molecule has 1 atom stereocenters. The third-order valence-electron chi connectivity index (χ3n) is 2.73. The van der Waals surface area contributed by atoms with Crippen LogP contribution in [0.5, 0.6) is 0 Å². The lowest BCUT2D eigenvalue weighted by atomic mass is 10.1. The lowest BCUT2D eigenvalue weighted by Crippen LogP contribution is -2.22. The Morgan fingerprint density at radius 3 is 2.44 bits per heavy atom. The average Bonchev–Trinajstić information content (AvgIpc) is 2.70. The zero-order valence-corrected chi connectivity index (χ0v) is 10.5. The molecular weight excluding hydrogens is 238 g/mol. The smallest absolute Gasteiger partial charge is 0.358 e. The summed E-state index contributed by atoms with van der Waals surface area (Å²) in [4.78, 5) is 22.1. The summed E-state index contributed by atoms with van der Waals surface area (Å²) in [5, 5.41) is 25.4. The van der Waals surface area contributed by atoms with E-state index in [1.165, 1.54) is 4.68 Å². The summed E-state index contributed by atoms with van der Waals surface area (Å²) in [6.45, 7) is 3.69. The number of aromatic carboxylic acids is 1. The topological polar surface area (TPSA) is 105 Å². The van der Waals surface area contributed by atoms with Gasteiger partial charge in [-0.2, -0.15) is 0 Å². The van der Waals surface area contributed by atoms with E-state index in [1.54, 1.807) is 6.92 Å². The molecule has 0 radical (unpaired) electrons. The highest BCUT2D eigenvalue weighted by Crippen LogP contribution is 2.18. The molecule has 0 aliphatic heterocycles. The number of rotatable bonds is 7. The second-order valence-electron chi connectivity index (χ2n) is 4.00. The van der Waals surface area contributed by atoms with Crippen LogP contribution < -0.4 is 0 Å². The van der Waals surface area contributed by atoms with Crippen LogP contribution in [0.25, 0.3) is 0 Å². The van der Waals surface area contributed by atoms with Crippen LogP contribution in [0.2, 0.25) is 0 Å². The third kappa shape index (κ3) is 2.85. The van der Waals surface area contributed by atoms with Gasteiger partial charge in [0.25, 0.3) is 0 Å². The van der Waals surface area contributed by atoms with E-state index in [0.29, 0.717) is 18.5 Å². The number of carboxylic acids is 2. The minimum Gasteiger partial charge on any atom is -0.480 e. The Balaban J connectivity index is 3.17. The van der Waals surface area contributed by atoms with E-state index < -0.39 is 18.0 Å². The molecule has 0 bridgehead atoms. The quantitative estimate of drug-likeness (QED) is 0.762. The van der Waals surface area contributed by atoms with Gasteiger partial charge in [0.1, 0.15) is 0 Å². The number of aromatic nitrogens is 3. The molecule has 0 saturated carbocycles. The molecule has 2 N–H and O–H groups in total. The monoisotopic (exact) mass is 255 g/mol. The minimum absolute atomic E-state index is 0.150. The van der Waals surface area contributed by atoms with Crippen LogP contribution in [0.3, 0.4) is 0 Å².